The molecule has 0 N–H and O–H groups in total. The van der Waals surface area contributed by atoms with E-state index in [1.807, 2.05) is 12.1 Å². The second-order valence-electron chi connectivity index (χ2n) is 7.15. The van der Waals surface area contributed by atoms with E-state index in [-0.39, 0.29) is 28.9 Å². The Kier molecular flexibility index (Phi) is 5.79. The second kappa shape index (κ2) is 8.83. The van der Waals surface area contributed by atoms with Gasteiger partial charge in [-0.3, -0.25) is 19.9 Å². The molecule has 3 aromatic rings. The molecule has 2 aromatic carbocycles. The molecule has 1 aliphatic rings. The number of benzene rings is 2. The lowest BCUT2D eigenvalue weighted by molar-refractivity contribution is -0.384. The maximum atomic E-state index is 13.5. The Labute approximate surface area is 179 Å². The van der Waals surface area contributed by atoms with E-state index in [2.05, 4.69) is 4.98 Å². The van der Waals surface area contributed by atoms with Crippen molar-refractivity contribution in [3.63, 3.8) is 0 Å². The predicted molar refractivity (Wildman–Crippen MR) is 113 cm³/mol. The van der Waals surface area contributed by atoms with Gasteiger partial charge in [-0.2, -0.15) is 0 Å². The molecular formula is C23H21N3O5. The van der Waals surface area contributed by atoms with Crippen molar-refractivity contribution in [3.8, 4) is 17.2 Å². The number of amides is 1. The molecule has 0 bridgehead atoms. The van der Waals surface area contributed by atoms with Crippen molar-refractivity contribution < 1.29 is 19.2 Å². The summed E-state index contributed by atoms with van der Waals surface area (Å²) in [7, 11) is 1.57. The molecule has 0 saturated carbocycles. The number of rotatable bonds is 6. The summed E-state index contributed by atoms with van der Waals surface area (Å²) in [5.74, 6) is 1.13. The highest BCUT2D eigenvalue weighted by molar-refractivity contribution is 5.98. The average molecular weight is 419 g/mol. The molecular weight excluding hydrogens is 398 g/mol. The van der Waals surface area contributed by atoms with E-state index in [0.29, 0.717) is 18.0 Å². The van der Waals surface area contributed by atoms with E-state index < -0.39 is 4.92 Å². The molecule has 1 aromatic heterocycles. The number of pyridine rings is 1. The largest absolute Gasteiger partial charge is 0.497 e. The van der Waals surface area contributed by atoms with E-state index in [1.54, 1.807) is 48.7 Å². The van der Waals surface area contributed by atoms with E-state index in [9.17, 15) is 14.9 Å². The van der Waals surface area contributed by atoms with Crippen LogP contribution in [0.3, 0.4) is 0 Å². The normalized spacial score (nSPS) is 15.5. The highest BCUT2D eigenvalue weighted by atomic mass is 16.6. The molecule has 1 amide bonds. The number of non-ortho nitro benzene ring substituents is 1. The first-order valence-corrected chi connectivity index (χ1v) is 9.88. The first kappa shape index (κ1) is 20.3. The number of hydrogen-bond donors (Lipinski definition) is 0. The molecule has 31 heavy (non-hydrogen) atoms. The molecule has 8 heteroatoms. The van der Waals surface area contributed by atoms with E-state index in [1.165, 1.54) is 18.2 Å². The molecule has 158 valence electrons. The van der Waals surface area contributed by atoms with Gasteiger partial charge < -0.3 is 14.4 Å². The Morgan fingerprint density at radius 2 is 1.81 bits per heavy atom. The predicted octanol–water partition coefficient (Wildman–Crippen LogP) is 4.77. The fourth-order valence-electron chi connectivity index (χ4n) is 3.76. The highest BCUT2D eigenvalue weighted by Crippen LogP contribution is 2.36. The SMILES string of the molecule is COc1ccc(Oc2ccc([N+](=O)[O-])cc2C(=O)N2CCCC2c2ccncc2)cc1. The molecule has 1 saturated heterocycles. The fraction of sp³-hybridized carbons (Fsp3) is 0.217. The maximum Gasteiger partial charge on any atom is 0.270 e. The Morgan fingerprint density at radius 3 is 2.48 bits per heavy atom. The van der Waals surface area contributed by atoms with Crippen molar-refractivity contribution in [2.45, 2.75) is 18.9 Å². The van der Waals surface area contributed by atoms with Crippen LogP contribution in [0.25, 0.3) is 0 Å². The van der Waals surface area contributed by atoms with Crippen molar-refractivity contribution >= 4 is 11.6 Å². The van der Waals surface area contributed by atoms with Gasteiger partial charge in [0.1, 0.15) is 17.2 Å². The van der Waals surface area contributed by atoms with Crippen molar-refractivity contribution in [1.29, 1.82) is 0 Å². The Morgan fingerprint density at radius 1 is 1.10 bits per heavy atom. The number of methoxy groups -OCH3 is 1. The van der Waals surface area contributed by atoms with E-state index in [4.69, 9.17) is 9.47 Å². The third-order valence-corrected chi connectivity index (χ3v) is 5.30. The van der Waals surface area contributed by atoms with Gasteiger partial charge in [0.25, 0.3) is 11.6 Å². The summed E-state index contributed by atoms with van der Waals surface area (Å²) >= 11 is 0. The van der Waals surface area contributed by atoms with Crippen molar-refractivity contribution in [2.24, 2.45) is 0 Å². The topological polar surface area (TPSA) is 94.8 Å². The second-order valence-corrected chi connectivity index (χ2v) is 7.15. The number of nitro benzene ring substituents is 1. The van der Waals surface area contributed by atoms with Gasteiger partial charge in [-0.25, -0.2) is 0 Å². The number of nitrogens with zero attached hydrogens (tertiary/aromatic N) is 3. The van der Waals surface area contributed by atoms with Crippen LogP contribution < -0.4 is 9.47 Å². The van der Waals surface area contributed by atoms with Gasteiger partial charge in [0.15, 0.2) is 0 Å². The number of ether oxygens (including phenoxy) is 2. The van der Waals surface area contributed by atoms with Gasteiger partial charge in [0.2, 0.25) is 0 Å². The minimum atomic E-state index is -0.516. The zero-order valence-electron chi connectivity index (χ0n) is 16.9. The molecule has 1 unspecified atom stereocenters. The van der Waals surface area contributed by atoms with Gasteiger partial charge in [0, 0.05) is 31.1 Å². The average Bonchev–Trinajstić information content (AvgIpc) is 3.30. The molecule has 8 nitrogen and oxygen atoms in total. The molecule has 1 aliphatic heterocycles. The van der Waals surface area contributed by atoms with E-state index in [0.717, 1.165) is 18.4 Å². The van der Waals surface area contributed by atoms with Crippen LogP contribution in [0.5, 0.6) is 17.2 Å². The van der Waals surface area contributed by atoms with Crippen LogP contribution in [0.4, 0.5) is 5.69 Å². The lowest BCUT2D eigenvalue weighted by Crippen LogP contribution is -2.30. The van der Waals surface area contributed by atoms with Crippen molar-refractivity contribution in [3.05, 3.63) is 88.2 Å². The highest BCUT2D eigenvalue weighted by Gasteiger charge is 2.33. The van der Waals surface area contributed by atoms with Crippen LogP contribution in [0.1, 0.15) is 34.8 Å². The number of carbonyl (C=O) groups excluding carboxylic acids is 1. The van der Waals surface area contributed by atoms with Gasteiger partial charge in [-0.05, 0) is 60.9 Å². The quantitative estimate of drug-likeness (QED) is 0.422. The molecule has 1 atom stereocenters. The molecule has 0 aliphatic carbocycles. The third-order valence-electron chi connectivity index (χ3n) is 5.30. The summed E-state index contributed by atoms with van der Waals surface area (Å²) in [6.07, 6.45) is 5.06. The zero-order valence-corrected chi connectivity index (χ0v) is 16.9. The molecule has 4 rings (SSSR count). The van der Waals surface area contributed by atoms with Gasteiger partial charge in [-0.15, -0.1) is 0 Å². The van der Waals surface area contributed by atoms with Crippen LogP contribution in [-0.2, 0) is 0 Å². The first-order valence-electron chi connectivity index (χ1n) is 9.88. The number of likely N-dealkylation sites (tertiary alicyclic amines) is 1. The standard InChI is InChI=1S/C23H21N3O5/c1-30-18-5-7-19(8-6-18)31-22-9-4-17(26(28)29)15-20(22)23(27)25-14-2-3-21(25)16-10-12-24-13-11-16/h4-13,15,21H,2-3,14H2,1H3. The number of aromatic nitrogens is 1. The molecule has 0 radical (unpaired) electrons. The molecule has 1 fully saturated rings. The fourth-order valence-corrected chi connectivity index (χ4v) is 3.76. The smallest absolute Gasteiger partial charge is 0.270 e. The molecule has 2 heterocycles. The van der Waals surface area contributed by atoms with Crippen molar-refractivity contribution in [2.75, 3.05) is 13.7 Å². The van der Waals surface area contributed by atoms with Crippen LogP contribution >= 0.6 is 0 Å². The summed E-state index contributed by atoms with van der Waals surface area (Å²) in [5.41, 5.74) is 0.986. The van der Waals surface area contributed by atoms with Crippen molar-refractivity contribution in [1.82, 2.24) is 9.88 Å². The number of carbonyl (C=O) groups is 1. The Balaban J connectivity index is 1.68. The molecule has 0 spiro atoms. The third kappa shape index (κ3) is 4.32. The van der Waals surface area contributed by atoms with Crippen LogP contribution in [0.15, 0.2) is 67.0 Å². The summed E-state index contributed by atoms with van der Waals surface area (Å²) in [5, 5.41) is 11.3. The maximum absolute atomic E-state index is 13.5. The lowest BCUT2D eigenvalue weighted by atomic mass is 10.0. The van der Waals surface area contributed by atoms with Gasteiger partial charge in [0.05, 0.1) is 23.6 Å². The zero-order chi connectivity index (χ0) is 21.8. The van der Waals surface area contributed by atoms with E-state index >= 15 is 0 Å². The number of nitro groups is 1. The minimum Gasteiger partial charge on any atom is -0.497 e. The number of hydrogen-bond acceptors (Lipinski definition) is 6. The van der Waals surface area contributed by atoms with Gasteiger partial charge >= 0.3 is 0 Å². The minimum absolute atomic E-state index is 0.108. The monoisotopic (exact) mass is 419 g/mol. The lowest BCUT2D eigenvalue weighted by Gasteiger charge is -2.26. The Bertz CT molecular complexity index is 1090. The van der Waals surface area contributed by atoms with Crippen LogP contribution in [0.2, 0.25) is 0 Å². The summed E-state index contributed by atoms with van der Waals surface area (Å²) < 4.78 is 11.1. The summed E-state index contributed by atoms with van der Waals surface area (Å²) in [4.78, 5) is 30.1. The summed E-state index contributed by atoms with van der Waals surface area (Å²) in [6.45, 7) is 0.566. The van der Waals surface area contributed by atoms with Crippen LogP contribution in [-0.4, -0.2) is 34.4 Å². The van der Waals surface area contributed by atoms with Gasteiger partial charge in [-0.1, -0.05) is 0 Å². The first-order chi connectivity index (χ1) is 15.1. The Hall–Kier alpha value is -3.94. The summed E-state index contributed by atoms with van der Waals surface area (Å²) in [6, 6.07) is 14.6. The van der Waals surface area contributed by atoms with Crippen LogP contribution in [0, 0.1) is 10.1 Å².